The fourth-order valence-corrected chi connectivity index (χ4v) is 1.48. The Hall–Kier alpha value is -1.31. The molecule has 0 unspecified atom stereocenters. The molecule has 0 spiro atoms. The first-order valence-electron chi connectivity index (χ1n) is 5.46. The molecule has 0 aliphatic carbocycles. The van der Waals surface area contributed by atoms with Crippen LogP contribution in [-0.2, 0) is 6.54 Å². The molecule has 0 fully saturated rings. The summed E-state index contributed by atoms with van der Waals surface area (Å²) in [5.74, 6) is 0.298. The molecule has 1 aromatic rings. The number of unbranched alkanes of at least 4 members (excludes halogenated alkanes) is 1. The maximum atomic E-state index is 11.7. The highest BCUT2D eigenvalue weighted by atomic mass is 16.1. The fraction of sp³-hybridized carbons (Fsp3) is 0.462. The molecule has 0 aliphatic rings. The summed E-state index contributed by atoms with van der Waals surface area (Å²) in [7, 11) is 0. The molecule has 0 N–H and O–H groups in total. The largest absolute Gasteiger partial charge is 0.353 e. The van der Waals surface area contributed by atoms with Crippen LogP contribution in [0.25, 0.3) is 0 Å². The topological polar surface area (TPSA) is 22.0 Å². The van der Waals surface area contributed by atoms with Gasteiger partial charge in [-0.25, -0.2) is 0 Å². The average molecular weight is 205 g/mol. The van der Waals surface area contributed by atoms with Crippen LogP contribution in [0.3, 0.4) is 0 Å². The molecular weight excluding hydrogens is 186 g/mol. The summed E-state index contributed by atoms with van der Waals surface area (Å²) in [6, 6.07) is 1.90. The van der Waals surface area contributed by atoms with Gasteiger partial charge >= 0.3 is 0 Å². The Balaban J connectivity index is 2.56. The maximum absolute atomic E-state index is 11.7. The van der Waals surface area contributed by atoms with Crippen LogP contribution in [0.4, 0.5) is 0 Å². The number of nitrogens with zero attached hydrogens (tertiary/aromatic N) is 1. The van der Waals surface area contributed by atoms with Crippen LogP contribution < -0.4 is 0 Å². The second-order valence-electron chi connectivity index (χ2n) is 4.09. The van der Waals surface area contributed by atoms with Crippen molar-refractivity contribution in [3.05, 3.63) is 36.7 Å². The predicted molar refractivity (Wildman–Crippen MR) is 63.0 cm³/mol. The molecule has 15 heavy (non-hydrogen) atoms. The van der Waals surface area contributed by atoms with Crippen molar-refractivity contribution in [3.63, 3.8) is 0 Å². The van der Waals surface area contributed by atoms with Crippen LogP contribution in [0, 0.1) is 5.92 Å². The monoisotopic (exact) mass is 205 g/mol. The van der Waals surface area contributed by atoms with E-state index in [1.54, 1.807) is 0 Å². The standard InChI is InChI=1S/C13H19NO/c1-4-5-6-8-14-9-7-12(10-14)13(15)11(2)3/h4,7,9-11H,1,5-6,8H2,2-3H3. The Bertz CT molecular complexity index is 336. The molecule has 0 radical (unpaired) electrons. The fourth-order valence-electron chi connectivity index (χ4n) is 1.48. The lowest BCUT2D eigenvalue weighted by atomic mass is 10.0. The zero-order valence-corrected chi connectivity index (χ0v) is 9.57. The van der Waals surface area contributed by atoms with E-state index in [4.69, 9.17) is 0 Å². The Morgan fingerprint density at radius 1 is 1.60 bits per heavy atom. The number of carbonyl (C=O) groups is 1. The number of carbonyl (C=O) groups excluding carboxylic acids is 1. The molecule has 1 aromatic heterocycles. The van der Waals surface area contributed by atoms with Crippen molar-refractivity contribution in [2.75, 3.05) is 0 Å². The van der Waals surface area contributed by atoms with Gasteiger partial charge in [0.25, 0.3) is 0 Å². The van der Waals surface area contributed by atoms with Gasteiger partial charge in [0, 0.05) is 30.4 Å². The lowest BCUT2D eigenvalue weighted by Gasteiger charge is -2.01. The highest BCUT2D eigenvalue weighted by Crippen LogP contribution is 2.09. The van der Waals surface area contributed by atoms with Crippen molar-refractivity contribution < 1.29 is 4.79 Å². The molecule has 0 aliphatic heterocycles. The Labute approximate surface area is 91.6 Å². The summed E-state index contributed by atoms with van der Waals surface area (Å²) in [6.07, 6.45) is 7.92. The molecule has 0 atom stereocenters. The van der Waals surface area contributed by atoms with Crippen LogP contribution >= 0.6 is 0 Å². The summed E-state index contributed by atoms with van der Waals surface area (Å²) in [4.78, 5) is 11.7. The Morgan fingerprint density at radius 3 is 2.93 bits per heavy atom. The Kier molecular flexibility index (Phi) is 4.35. The van der Waals surface area contributed by atoms with Crippen molar-refractivity contribution in [1.82, 2.24) is 4.57 Å². The maximum Gasteiger partial charge on any atom is 0.166 e. The number of ketones is 1. The van der Waals surface area contributed by atoms with E-state index in [9.17, 15) is 4.79 Å². The van der Waals surface area contributed by atoms with Gasteiger partial charge in [0.05, 0.1) is 0 Å². The van der Waals surface area contributed by atoms with Gasteiger partial charge in [-0.1, -0.05) is 19.9 Å². The first kappa shape index (κ1) is 11.8. The van der Waals surface area contributed by atoms with Crippen LogP contribution in [-0.4, -0.2) is 10.4 Å². The molecule has 0 aromatic carbocycles. The predicted octanol–water partition coefficient (Wildman–Crippen LogP) is 3.29. The van der Waals surface area contributed by atoms with Gasteiger partial charge < -0.3 is 4.57 Å². The highest BCUT2D eigenvalue weighted by Gasteiger charge is 2.10. The van der Waals surface area contributed by atoms with E-state index in [1.807, 2.05) is 38.4 Å². The molecule has 0 saturated heterocycles. The highest BCUT2D eigenvalue weighted by molar-refractivity contribution is 5.97. The minimum atomic E-state index is 0.0778. The van der Waals surface area contributed by atoms with E-state index in [-0.39, 0.29) is 11.7 Å². The van der Waals surface area contributed by atoms with Crippen LogP contribution in [0.5, 0.6) is 0 Å². The smallest absolute Gasteiger partial charge is 0.166 e. The first-order valence-corrected chi connectivity index (χ1v) is 5.46. The molecule has 1 rings (SSSR count). The lowest BCUT2D eigenvalue weighted by Crippen LogP contribution is -2.06. The van der Waals surface area contributed by atoms with Gasteiger partial charge in [0.15, 0.2) is 5.78 Å². The zero-order chi connectivity index (χ0) is 11.3. The van der Waals surface area contributed by atoms with Gasteiger partial charge in [-0.15, -0.1) is 6.58 Å². The van der Waals surface area contributed by atoms with Gasteiger partial charge in [0.1, 0.15) is 0 Å². The minimum Gasteiger partial charge on any atom is -0.353 e. The minimum absolute atomic E-state index is 0.0778. The van der Waals surface area contributed by atoms with Gasteiger partial charge in [-0.2, -0.15) is 0 Å². The Morgan fingerprint density at radius 2 is 2.33 bits per heavy atom. The van der Waals surface area contributed by atoms with Crippen LogP contribution in [0.1, 0.15) is 37.0 Å². The van der Waals surface area contributed by atoms with Gasteiger partial charge in [0.2, 0.25) is 0 Å². The molecule has 0 amide bonds. The number of hydrogen-bond acceptors (Lipinski definition) is 1. The molecule has 2 nitrogen and oxygen atoms in total. The summed E-state index contributed by atoms with van der Waals surface area (Å²) in [5, 5.41) is 0. The number of rotatable bonds is 6. The van der Waals surface area contributed by atoms with Crippen LogP contribution in [0.15, 0.2) is 31.1 Å². The SMILES string of the molecule is C=CCCCn1ccc(C(=O)C(C)C)c1. The zero-order valence-electron chi connectivity index (χ0n) is 9.57. The third-order valence-corrected chi connectivity index (χ3v) is 2.38. The van der Waals surface area contributed by atoms with E-state index in [0.717, 1.165) is 24.9 Å². The van der Waals surface area contributed by atoms with Crippen molar-refractivity contribution in [2.24, 2.45) is 5.92 Å². The number of hydrogen-bond donors (Lipinski definition) is 0. The summed E-state index contributed by atoms with van der Waals surface area (Å²) >= 11 is 0. The summed E-state index contributed by atoms with van der Waals surface area (Å²) < 4.78 is 2.07. The van der Waals surface area contributed by atoms with E-state index in [1.165, 1.54) is 0 Å². The molecule has 2 heteroatoms. The summed E-state index contributed by atoms with van der Waals surface area (Å²) in [5.41, 5.74) is 0.823. The van der Waals surface area contributed by atoms with Gasteiger partial charge in [-0.05, 0) is 18.9 Å². The summed E-state index contributed by atoms with van der Waals surface area (Å²) in [6.45, 7) is 8.50. The van der Waals surface area contributed by atoms with Crippen molar-refractivity contribution >= 4 is 5.78 Å². The number of aromatic nitrogens is 1. The number of Topliss-reactive ketones (excluding diaryl/α,β-unsaturated/α-hetero) is 1. The van der Waals surface area contributed by atoms with Crippen molar-refractivity contribution in [2.45, 2.75) is 33.2 Å². The molecule has 0 bridgehead atoms. The second-order valence-corrected chi connectivity index (χ2v) is 4.09. The molecule has 1 heterocycles. The van der Waals surface area contributed by atoms with E-state index >= 15 is 0 Å². The number of aryl methyl sites for hydroxylation is 1. The lowest BCUT2D eigenvalue weighted by molar-refractivity contribution is 0.0939. The first-order chi connectivity index (χ1) is 7.15. The van der Waals surface area contributed by atoms with E-state index in [0.29, 0.717) is 0 Å². The second kappa shape index (κ2) is 5.54. The number of allylic oxidation sites excluding steroid dienone is 1. The average Bonchev–Trinajstić information content (AvgIpc) is 2.65. The van der Waals surface area contributed by atoms with Crippen molar-refractivity contribution in [1.29, 1.82) is 0 Å². The quantitative estimate of drug-likeness (QED) is 0.397. The van der Waals surface area contributed by atoms with Crippen LogP contribution in [0.2, 0.25) is 0 Å². The normalized spacial score (nSPS) is 10.6. The molecule has 82 valence electrons. The van der Waals surface area contributed by atoms with Gasteiger partial charge in [-0.3, -0.25) is 4.79 Å². The third-order valence-electron chi connectivity index (χ3n) is 2.38. The molecular formula is C13H19NO. The third kappa shape index (κ3) is 3.39. The van der Waals surface area contributed by atoms with E-state index < -0.39 is 0 Å². The van der Waals surface area contributed by atoms with E-state index in [2.05, 4.69) is 11.1 Å². The van der Waals surface area contributed by atoms with Crippen molar-refractivity contribution in [3.8, 4) is 0 Å². The molecule has 0 saturated carbocycles.